The van der Waals surface area contributed by atoms with Gasteiger partial charge in [0.25, 0.3) is 0 Å². The average molecular weight is 336 g/mol. The van der Waals surface area contributed by atoms with Crippen LogP contribution in [0, 0.1) is 5.92 Å². The van der Waals surface area contributed by atoms with Crippen molar-refractivity contribution in [3.05, 3.63) is 24.3 Å². The van der Waals surface area contributed by atoms with Gasteiger partial charge in [-0.05, 0) is 43.4 Å². The predicted molar refractivity (Wildman–Crippen MR) is 92.3 cm³/mol. The Labute approximate surface area is 137 Å². The molecule has 1 heterocycles. The first-order valence-corrected chi connectivity index (χ1v) is 10.2. The lowest BCUT2D eigenvalue weighted by molar-refractivity contribution is -0.116. The van der Waals surface area contributed by atoms with Gasteiger partial charge < -0.3 is 10.6 Å². The number of nitrogens with one attached hydrogen (secondary N) is 2. The molecule has 1 aromatic rings. The first-order chi connectivity index (χ1) is 11.0. The SMILES string of the molecule is O=C(C[C@H]1CCS(=O)(=O)C1)Nc1cccc(NC2CCCC2)c1. The van der Waals surface area contributed by atoms with Crippen molar-refractivity contribution in [1.82, 2.24) is 0 Å². The largest absolute Gasteiger partial charge is 0.382 e. The minimum atomic E-state index is -2.92. The van der Waals surface area contributed by atoms with Crippen LogP contribution in [0.25, 0.3) is 0 Å². The van der Waals surface area contributed by atoms with Crippen molar-refractivity contribution in [3.63, 3.8) is 0 Å². The fourth-order valence-electron chi connectivity index (χ4n) is 3.50. The van der Waals surface area contributed by atoms with Gasteiger partial charge in [0.05, 0.1) is 11.5 Å². The molecular weight excluding hydrogens is 312 g/mol. The van der Waals surface area contributed by atoms with Crippen molar-refractivity contribution in [2.75, 3.05) is 22.1 Å². The van der Waals surface area contributed by atoms with Crippen LogP contribution in [-0.2, 0) is 14.6 Å². The highest BCUT2D eigenvalue weighted by Gasteiger charge is 2.29. The number of carbonyl (C=O) groups excluding carboxylic acids is 1. The molecule has 1 aliphatic carbocycles. The topological polar surface area (TPSA) is 75.3 Å². The lowest BCUT2D eigenvalue weighted by Gasteiger charge is -2.15. The number of hydrogen-bond acceptors (Lipinski definition) is 4. The highest BCUT2D eigenvalue weighted by Crippen LogP contribution is 2.25. The average Bonchev–Trinajstić information content (AvgIpc) is 3.09. The van der Waals surface area contributed by atoms with Gasteiger partial charge in [0.2, 0.25) is 5.91 Å². The van der Waals surface area contributed by atoms with Crippen LogP contribution in [0.15, 0.2) is 24.3 Å². The number of amides is 1. The fourth-order valence-corrected chi connectivity index (χ4v) is 5.36. The van der Waals surface area contributed by atoms with E-state index in [1.165, 1.54) is 25.7 Å². The van der Waals surface area contributed by atoms with Gasteiger partial charge in [0, 0.05) is 23.8 Å². The van der Waals surface area contributed by atoms with Gasteiger partial charge >= 0.3 is 0 Å². The highest BCUT2D eigenvalue weighted by molar-refractivity contribution is 7.91. The molecule has 2 N–H and O–H groups in total. The van der Waals surface area contributed by atoms with Gasteiger partial charge in [-0.1, -0.05) is 18.9 Å². The molecule has 23 heavy (non-hydrogen) atoms. The van der Waals surface area contributed by atoms with E-state index in [-0.39, 0.29) is 29.8 Å². The van der Waals surface area contributed by atoms with Crippen LogP contribution in [0.3, 0.4) is 0 Å². The fraction of sp³-hybridized carbons (Fsp3) is 0.588. The molecule has 1 aliphatic heterocycles. The van der Waals surface area contributed by atoms with Crippen LogP contribution in [0.5, 0.6) is 0 Å². The third kappa shape index (κ3) is 4.70. The van der Waals surface area contributed by atoms with Crippen LogP contribution in [0.2, 0.25) is 0 Å². The second-order valence-corrected chi connectivity index (χ2v) is 8.96. The Bertz CT molecular complexity index is 666. The van der Waals surface area contributed by atoms with E-state index in [2.05, 4.69) is 10.6 Å². The standard InChI is InChI=1S/C17H24N2O3S/c20-17(10-13-8-9-23(21,22)12-13)19-16-7-3-6-15(11-16)18-14-4-1-2-5-14/h3,6-7,11,13-14,18H,1-2,4-5,8-10,12H2,(H,19,20)/t13-/m1/s1. The molecule has 0 bridgehead atoms. The maximum absolute atomic E-state index is 12.1. The Balaban J connectivity index is 1.53. The molecule has 2 fully saturated rings. The minimum absolute atomic E-state index is 0.0419. The van der Waals surface area contributed by atoms with E-state index in [0.29, 0.717) is 12.5 Å². The monoisotopic (exact) mass is 336 g/mol. The van der Waals surface area contributed by atoms with Crippen LogP contribution < -0.4 is 10.6 Å². The second-order valence-electron chi connectivity index (χ2n) is 6.73. The van der Waals surface area contributed by atoms with E-state index in [4.69, 9.17) is 0 Å². The van der Waals surface area contributed by atoms with Crippen LogP contribution in [0.1, 0.15) is 38.5 Å². The number of carbonyl (C=O) groups is 1. The Morgan fingerprint density at radius 1 is 1.13 bits per heavy atom. The predicted octanol–water partition coefficient (Wildman–Crippen LogP) is 2.80. The highest BCUT2D eigenvalue weighted by atomic mass is 32.2. The lowest BCUT2D eigenvalue weighted by atomic mass is 10.0. The summed E-state index contributed by atoms with van der Waals surface area (Å²) in [6, 6.07) is 8.28. The van der Waals surface area contributed by atoms with Crippen molar-refractivity contribution in [2.24, 2.45) is 5.92 Å². The van der Waals surface area contributed by atoms with E-state index in [9.17, 15) is 13.2 Å². The van der Waals surface area contributed by atoms with Crippen LogP contribution in [-0.4, -0.2) is 31.9 Å². The van der Waals surface area contributed by atoms with E-state index in [1.54, 1.807) is 0 Å². The first kappa shape index (κ1) is 16.3. The van der Waals surface area contributed by atoms with E-state index >= 15 is 0 Å². The molecule has 0 unspecified atom stereocenters. The summed E-state index contributed by atoms with van der Waals surface area (Å²) in [6.45, 7) is 0. The summed E-state index contributed by atoms with van der Waals surface area (Å²) in [5, 5.41) is 6.40. The number of sulfone groups is 1. The molecule has 1 aromatic carbocycles. The summed E-state index contributed by atoms with van der Waals surface area (Å²) in [5.74, 6) is 0.208. The zero-order valence-electron chi connectivity index (χ0n) is 13.3. The molecule has 6 heteroatoms. The molecule has 126 valence electrons. The summed E-state index contributed by atoms with van der Waals surface area (Å²) in [4.78, 5) is 12.1. The van der Waals surface area contributed by atoms with E-state index < -0.39 is 9.84 Å². The zero-order chi connectivity index (χ0) is 16.3. The number of anilines is 2. The third-order valence-electron chi connectivity index (χ3n) is 4.67. The molecule has 1 saturated heterocycles. The van der Waals surface area contributed by atoms with Crippen molar-refractivity contribution in [1.29, 1.82) is 0 Å². The zero-order valence-corrected chi connectivity index (χ0v) is 14.1. The molecule has 1 saturated carbocycles. The second kappa shape index (κ2) is 6.91. The third-order valence-corrected chi connectivity index (χ3v) is 6.51. The number of benzene rings is 1. The summed E-state index contributed by atoms with van der Waals surface area (Å²) in [5.41, 5.74) is 1.79. The smallest absolute Gasteiger partial charge is 0.224 e. The van der Waals surface area contributed by atoms with Crippen molar-refractivity contribution in [2.45, 2.75) is 44.6 Å². The molecule has 3 rings (SSSR count). The van der Waals surface area contributed by atoms with Crippen molar-refractivity contribution < 1.29 is 13.2 Å². The van der Waals surface area contributed by atoms with Crippen molar-refractivity contribution in [3.8, 4) is 0 Å². The van der Waals surface area contributed by atoms with Gasteiger partial charge in [0.1, 0.15) is 0 Å². The Morgan fingerprint density at radius 2 is 1.87 bits per heavy atom. The summed E-state index contributed by atoms with van der Waals surface area (Å²) < 4.78 is 22.9. The Morgan fingerprint density at radius 3 is 2.57 bits per heavy atom. The van der Waals surface area contributed by atoms with Crippen LogP contribution in [0.4, 0.5) is 11.4 Å². The Kier molecular flexibility index (Phi) is 4.90. The summed E-state index contributed by atoms with van der Waals surface area (Å²) in [6.07, 6.45) is 5.83. The number of hydrogen-bond donors (Lipinski definition) is 2. The molecule has 0 aromatic heterocycles. The molecule has 0 radical (unpaired) electrons. The van der Waals surface area contributed by atoms with Gasteiger partial charge in [-0.3, -0.25) is 4.79 Å². The maximum Gasteiger partial charge on any atom is 0.224 e. The van der Waals surface area contributed by atoms with E-state index in [0.717, 1.165) is 11.4 Å². The normalized spacial score (nSPS) is 23.7. The Hall–Kier alpha value is -1.56. The summed E-state index contributed by atoms with van der Waals surface area (Å²) >= 11 is 0. The molecule has 1 atom stereocenters. The van der Waals surface area contributed by atoms with Crippen LogP contribution >= 0.6 is 0 Å². The maximum atomic E-state index is 12.1. The van der Waals surface area contributed by atoms with Crippen molar-refractivity contribution >= 4 is 27.1 Å². The summed E-state index contributed by atoms with van der Waals surface area (Å²) in [7, 11) is -2.92. The minimum Gasteiger partial charge on any atom is -0.382 e. The first-order valence-electron chi connectivity index (χ1n) is 8.37. The quantitative estimate of drug-likeness (QED) is 0.867. The van der Waals surface area contributed by atoms with Gasteiger partial charge in [-0.15, -0.1) is 0 Å². The van der Waals surface area contributed by atoms with Gasteiger partial charge in [-0.25, -0.2) is 8.42 Å². The molecule has 5 nitrogen and oxygen atoms in total. The molecule has 0 spiro atoms. The lowest BCUT2D eigenvalue weighted by Crippen LogP contribution is -2.18. The van der Waals surface area contributed by atoms with Gasteiger partial charge in [0.15, 0.2) is 9.84 Å². The van der Waals surface area contributed by atoms with E-state index in [1.807, 2.05) is 24.3 Å². The molecular formula is C17H24N2O3S. The molecule has 2 aliphatic rings. The molecule has 1 amide bonds. The van der Waals surface area contributed by atoms with Gasteiger partial charge in [-0.2, -0.15) is 0 Å². The number of rotatable bonds is 5.